The highest BCUT2D eigenvalue weighted by atomic mass is 16.2. The molecule has 0 saturated carbocycles. The van der Waals surface area contributed by atoms with Crippen molar-refractivity contribution in [2.75, 3.05) is 24.5 Å². The molecule has 0 radical (unpaired) electrons. The highest BCUT2D eigenvalue weighted by molar-refractivity contribution is 6.00. The second kappa shape index (κ2) is 6.71. The maximum Gasteiger partial charge on any atom is 0.227 e. The van der Waals surface area contributed by atoms with Gasteiger partial charge in [0.05, 0.1) is 5.92 Å². The zero-order valence-electron chi connectivity index (χ0n) is 13.9. The summed E-state index contributed by atoms with van der Waals surface area (Å²) in [6.07, 6.45) is 2.58. The van der Waals surface area contributed by atoms with Gasteiger partial charge in [0.2, 0.25) is 11.8 Å². The van der Waals surface area contributed by atoms with Crippen molar-refractivity contribution in [2.24, 2.45) is 5.92 Å². The van der Waals surface area contributed by atoms with E-state index in [1.165, 1.54) is 6.42 Å². The molecule has 2 N–H and O–H groups in total. The first-order valence-electron chi connectivity index (χ1n) is 8.44. The first-order valence-corrected chi connectivity index (χ1v) is 8.44. The van der Waals surface area contributed by atoms with Crippen LogP contribution in [-0.2, 0) is 9.59 Å². The molecule has 5 nitrogen and oxygen atoms in total. The molecular formula is C18H25N3O2. The van der Waals surface area contributed by atoms with Gasteiger partial charge >= 0.3 is 0 Å². The Morgan fingerprint density at radius 1 is 1.39 bits per heavy atom. The molecule has 2 unspecified atom stereocenters. The summed E-state index contributed by atoms with van der Waals surface area (Å²) in [5.74, 6) is -0.207. The van der Waals surface area contributed by atoms with E-state index < -0.39 is 0 Å². The molecule has 2 aliphatic heterocycles. The van der Waals surface area contributed by atoms with Crippen molar-refractivity contribution in [2.45, 2.75) is 39.2 Å². The third kappa shape index (κ3) is 3.39. The van der Waals surface area contributed by atoms with E-state index in [9.17, 15) is 9.59 Å². The first-order chi connectivity index (χ1) is 11.1. The zero-order valence-corrected chi connectivity index (χ0v) is 13.9. The van der Waals surface area contributed by atoms with Gasteiger partial charge in [-0.2, -0.15) is 0 Å². The average Bonchev–Trinajstić information content (AvgIpc) is 3.17. The minimum atomic E-state index is -0.246. The van der Waals surface area contributed by atoms with Crippen LogP contribution in [0, 0.1) is 19.8 Å². The van der Waals surface area contributed by atoms with Crippen LogP contribution in [0.15, 0.2) is 18.2 Å². The summed E-state index contributed by atoms with van der Waals surface area (Å²) in [5.41, 5.74) is 3.20. The average molecular weight is 315 g/mol. The standard InChI is InChI=1S/C18H25N3O2/c1-12-5-3-7-16(13(12)2)21-11-14(9-17(21)22)18(23)20-10-15-6-4-8-19-15/h3,5,7,14-15,19H,4,6,8-11H2,1-2H3,(H,20,23). The minimum Gasteiger partial charge on any atom is -0.354 e. The minimum absolute atomic E-state index is 0.000133. The molecule has 2 heterocycles. The summed E-state index contributed by atoms with van der Waals surface area (Å²) >= 11 is 0. The highest BCUT2D eigenvalue weighted by Crippen LogP contribution is 2.29. The molecule has 0 aliphatic carbocycles. The lowest BCUT2D eigenvalue weighted by molar-refractivity contribution is -0.126. The fourth-order valence-corrected chi connectivity index (χ4v) is 3.44. The molecule has 2 aliphatic rings. The lowest BCUT2D eigenvalue weighted by atomic mass is 10.1. The van der Waals surface area contributed by atoms with Crippen molar-refractivity contribution in [3.8, 4) is 0 Å². The number of aryl methyl sites for hydroxylation is 1. The summed E-state index contributed by atoms with van der Waals surface area (Å²) < 4.78 is 0. The molecule has 23 heavy (non-hydrogen) atoms. The van der Waals surface area contributed by atoms with Gasteiger partial charge in [-0.15, -0.1) is 0 Å². The van der Waals surface area contributed by atoms with E-state index in [-0.39, 0.29) is 17.7 Å². The van der Waals surface area contributed by atoms with Crippen molar-refractivity contribution in [1.29, 1.82) is 0 Å². The van der Waals surface area contributed by atoms with Crippen LogP contribution in [0.1, 0.15) is 30.4 Å². The van der Waals surface area contributed by atoms with Crippen LogP contribution in [0.25, 0.3) is 0 Å². The number of amides is 2. The number of nitrogens with zero attached hydrogens (tertiary/aromatic N) is 1. The topological polar surface area (TPSA) is 61.4 Å². The fourth-order valence-electron chi connectivity index (χ4n) is 3.44. The Labute approximate surface area is 137 Å². The van der Waals surface area contributed by atoms with E-state index in [0.717, 1.165) is 29.8 Å². The third-order valence-electron chi connectivity index (χ3n) is 5.05. The summed E-state index contributed by atoms with van der Waals surface area (Å²) in [6, 6.07) is 6.34. The van der Waals surface area contributed by atoms with Crippen molar-refractivity contribution in [1.82, 2.24) is 10.6 Å². The molecule has 0 bridgehead atoms. The number of benzene rings is 1. The molecule has 2 fully saturated rings. The largest absolute Gasteiger partial charge is 0.354 e. The monoisotopic (exact) mass is 315 g/mol. The SMILES string of the molecule is Cc1cccc(N2CC(C(=O)NCC3CCCN3)CC2=O)c1C. The molecule has 124 valence electrons. The molecule has 5 heteroatoms. The Kier molecular flexibility index (Phi) is 4.66. The van der Waals surface area contributed by atoms with Crippen LogP contribution in [0.4, 0.5) is 5.69 Å². The molecule has 1 aromatic carbocycles. The quantitative estimate of drug-likeness (QED) is 0.886. The predicted octanol–water partition coefficient (Wildman–Crippen LogP) is 1.52. The van der Waals surface area contributed by atoms with Gasteiger partial charge < -0.3 is 15.5 Å². The van der Waals surface area contributed by atoms with E-state index in [0.29, 0.717) is 25.6 Å². The van der Waals surface area contributed by atoms with E-state index in [4.69, 9.17) is 0 Å². The van der Waals surface area contributed by atoms with Crippen LogP contribution >= 0.6 is 0 Å². The molecule has 0 aromatic heterocycles. The van der Waals surface area contributed by atoms with Gasteiger partial charge in [-0.25, -0.2) is 0 Å². The Bertz CT molecular complexity index is 608. The van der Waals surface area contributed by atoms with Crippen molar-refractivity contribution >= 4 is 17.5 Å². The van der Waals surface area contributed by atoms with E-state index >= 15 is 0 Å². The second-order valence-electron chi connectivity index (χ2n) is 6.66. The van der Waals surface area contributed by atoms with Gasteiger partial charge in [0, 0.05) is 31.2 Å². The highest BCUT2D eigenvalue weighted by Gasteiger charge is 2.35. The van der Waals surface area contributed by atoms with Gasteiger partial charge in [0.15, 0.2) is 0 Å². The Morgan fingerprint density at radius 3 is 2.96 bits per heavy atom. The summed E-state index contributed by atoms with van der Waals surface area (Å²) in [7, 11) is 0. The predicted molar refractivity (Wildman–Crippen MR) is 90.4 cm³/mol. The van der Waals surface area contributed by atoms with Crippen LogP contribution in [0.5, 0.6) is 0 Å². The number of carbonyl (C=O) groups is 2. The normalized spacial score (nSPS) is 24.3. The van der Waals surface area contributed by atoms with Gasteiger partial charge in [0.1, 0.15) is 0 Å². The molecule has 3 rings (SSSR count). The smallest absolute Gasteiger partial charge is 0.227 e. The summed E-state index contributed by atoms with van der Waals surface area (Å²) in [4.78, 5) is 26.5. The number of nitrogens with one attached hydrogen (secondary N) is 2. The molecule has 2 saturated heterocycles. The van der Waals surface area contributed by atoms with Gasteiger partial charge in [-0.3, -0.25) is 9.59 Å². The Balaban J connectivity index is 1.62. The van der Waals surface area contributed by atoms with Gasteiger partial charge in [0.25, 0.3) is 0 Å². The number of carbonyl (C=O) groups excluding carboxylic acids is 2. The van der Waals surface area contributed by atoms with E-state index in [1.54, 1.807) is 4.90 Å². The van der Waals surface area contributed by atoms with Crippen LogP contribution < -0.4 is 15.5 Å². The molecule has 1 aromatic rings. The Hall–Kier alpha value is -1.88. The lowest BCUT2D eigenvalue weighted by Crippen LogP contribution is -2.40. The Morgan fingerprint density at radius 2 is 2.22 bits per heavy atom. The number of rotatable bonds is 4. The van der Waals surface area contributed by atoms with Crippen LogP contribution in [0.3, 0.4) is 0 Å². The lowest BCUT2D eigenvalue weighted by Gasteiger charge is -2.20. The number of anilines is 1. The molecule has 2 amide bonds. The molecule has 2 atom stereocenters. The fraction of sp³-hybridized carbons (Fsp3) is 0.556. The van der Waals surface area contributed by atoms with Crippen molar-refractivity contribution < 1.29 is 9.59 Å². The maximum atomic E-state index is 12.4. The second-order valence-corrected chi connectivity index (χ2v) is 6.66. The van der Waals surface area contributed by atoms with Crippen molar-refractivity contribution in [3.63, 3.8) is 0 Å². The third-order valence-corrected chi connectivity index (χ3v) is 5.05. The summed E-state index contributed by atoms with van der Waals surface area (Å²) in [5, 5.41) is 6.37. The molecular weight excluding hydrogens is 290 g/mol. The molecule has 0 spiro atoms. The number of hydrogen-bond acceptors (Lipinski definition) is 3. The van der Waals surface area contributed by atoms with E-state index in [1.807, 2.05) is 32.0 Å². The number of hydrogen-bond donors (Lipinski definition) is 2. The van der Waals surface area contributed by atoms with Crippen LogP contribution in [-0.4, -0.2) is 37.5 Å². The first kappa shape index (κ1) is 16.0. The van der Waals surface area contributed by atoms with E-state index in [2.05, 4.69) is 10.6 Å². The maximum absolute atomic E-state index is 12.4. The zero-order chi connectivity index (χ0) is 16.4. The van der Waals surface area contributed by atoms with Crippen LogP contribution in [0.2, 0.25) is 0 Å². The van der Waals surface area contributed by atoms with Gasteiger partial charge in [-0.05, 0) is 50.4 Å². The van der Waals surface area contributed by atoms with Gasteiger partial charge in [-0.1, -0.05) is 12.1 Å². The van der Waals surface area contributed by atoms with Crippen molar-refractivity contribution in [3.05, 3.63) is 29.3 Å². The summed E-state index contributed by atoms with van der Waals surface area (Å²) in [6.45, 7) is 6.23.